The van der Waals surface area contributed by atoms with E-state index < -0.39 is 100 Å². The number of nitrogens with two attached hydrogens (primary N) is 1. The number of nitrogens with zero attached hydrogens (tertiary/aromatic N) is 4. The van der Waals surface area contributed by atoms with Crippen LogP contribution < -0.4 is 21.6 Å². The Bertz CT molecular complexity index is 1720. The highest BCUT2D eigenvalue weighted by Crippen LogP contribution is 2.34. The molecule has 1 aromatic carbocycles. The molecular weight excluding hydrogens is 572 g/mol. The monoisotopic (exact) mass is 590 g/mol. The lowest BCUT2D eigenvalue weighted by atomic mass is 10.1. The topological polar surface area (TPSA) is 129 Å². The highest BCUT2D eigenvalue weighted by atomic mass is 19.4. The fourth-order valence-electron chi connectivity index (χ4n) is 4.04. The summed E-state index contributed by atoms with van der Waals surface area (Å²) in [6.07, 6.45) is -9.45. The summed E-state index contributed by atoms with van der Waals surface area (Å²) in [6.45, 7) is 0.510. The van der Waals surface area contributed by atoms with Gasteiger partial charge in [-0.25, -0.2) is 37.0 Å². The Kier molecular flexibility index (Phi) is 7.98. The Labute approximate surface area is 223 Å². The third-order valence-electron chi connectivity index (χ3n) is 5.89. The summed E-state index contributed by atoms with van der Waals surface area (Å²) in [5.74, 6) is -5.31. The van der Waals surface area contributed by atoms with Crippen molar-refractivity contribution in [3.8, 4) is 17.1 Å². The van der Waals surface area contributed by atoms with E-state index in [2.05, 4.69) is 15.1 Å². The number of nitrogen functional groups attached to an aromatic ring is 1. The highest BCUT2D eigenvalue weighted by molar-refractivity contribution is 5.86. The Hall–Kier alpha value is -4.57. The van der Waals surface area contributed by atoms with Crippen molar-refractivity contribution < 1.29 is 39.9 Å². The molecule has 17 heteroatoms. The van der Waals surface area contributed by atoms with E-state index in [-0.39, 0.29) is 5.39 Å². The molecule has 0 saturated heterocycles. The molecule has 0 aliphatic carbocycles. The van der Waals surface area contributed by atoms with E-state index in [1.165, 1.54) is 6.92 Å². The van der Waals surface area contributed by atoms with Gasteiger partial charge in [0.15, 0.2) is 28.8 Å². The molecule has 41 heavy (non-hydrogen) atoms. The lowest BCUT2D eigenvalue weighted by Crippen LogP contribution is -2.29. The number of fused-ring (bicyclic) bond motifs is 1. The maximum atomic E-state index is 15.0. The predicted octanol–water partition coefficient (Wildman–Crippen LogP) is 4.55. The highest BCUT2D eigenvalue weighted by Gasteiger charge is 2.38. The maximum Gasteiger partial charge on any atom is 0.425 e. The number of alkyl halides is 6. The molecule has 0 spiro atoms. The molecule has 218 valence electrons. The zero-order valence-electron chi connectivity index (χ0n) is 20.6. The molecule has 3 N–H and O–H groups in total. The second kappa shape index (κ2) is 11.1. The molecule has 0 radical (unpaired) electrons. The maximum absolute atomic E-state index is 15.0. The van der Waals surface area contributed by atoms with Crippen LogP contribution in [0.2, 0.25) is 0 Å². The zero-order valence-corrected chi connectivity index (χ0v) is 20.6. The van der Waals surface area contributed by atoms with Crippen LogP contribution in [0.5, 0.6) is 5.75 Å². The van der Waals surface area contributed by atoms with Crippen molar-refractivity contribution in [2.24, 2.45) is 0 Å². The second-order valence-electron chi connectivity index (χ2n) is 8.82. The Morgan fingerprint density at radius 2 is 1.83 bits per heavy atom. The summed E-state index contributed by atoms with van der Waals surface area (Å²) in [4.78, 5) is 31.6. The van der Waals surface area contributed by atoms with Gasteiger partial charge in [0.1, 0.15) is 12.0 Å². The van der Waals surface area contributed by atoms with E-state index in [1.54, 1.807) is 5.10 Å². The third-order valence-corrected chi connectivity index (χ3v) is 5.89. The fraction of sp³-hybridized carbons (Fsp3) is 0.292. The van der Waals surface area contributed by atoms with Crippen molar-refractivity contribution in [2.75, 3.05) is 5.73 Å². The largest absolute Gasteiger partial charge is 0.488 e. The van der Waals surface area contributed by atoms with Gasteiger partial charge in [-0.05, 0) is 24.4 Å². The number of anilines is 1. The van der Waals surface area contributed by atoms with Crippen LogP contribution in [-0.4, -0.2) is 37.0 Å². The summed E-state index contributed by atoms with van der Waals surface area (Å²) in [5, 5.41) is 3.97. The number of pyridine rings is 1. The molecule has 2 atom stereocenters. The number of hydrogen-bond donors (Lipinski definition) is 2. The van der Waals surface area contributed by atoms with Gasteiger partial charge in [0, 0.05) is 18.8 Å². The van der Waals surface area contributed by atoms with Gasteiger partial charge in [0.25, 0.3) is 17.5 Å². The van der Waals surface area contributed by atoms with Gasteiger partial charge in [-0.1, -0.05) is 0 Å². The minimum absolute atomic E-state index is 0.145. The smallest absolute Gasteiger partial charge is 0.425 e. The predicted molar refractivity (Wildman–Crippen MR) is 128 cm³/mol. The SMILES string of the molecule is C[C@H](C[C@@H](F)Cn1ccc2cc(-c3ncc(C(F)F)c(N)n3)c(F)c(F)c2c1=O)Oc1cn[nH]c(=O)c1C(F)(F)F. The van der Waals surface area contributed by atoms with Gasteiger partial charge >= 0.3 is 6.18 Å². The van der Waals surface area contributed by atoms with Gasteiger partial charge in [0.05, 0.1) is 35.4 Å². The van der Waals surface area contributed by atoms with Crippen LogP contribution in [0.3, 0.4) is 0 Å². The van der Waals surface area contributed by atoms with Gasteiger partial charge < -0.3 is 15.0 Å². The molecule has 3 heterocycles. The van der Waals surface area contributed by atoms with Crippen LogP contribution in [0, 0.1) is 11.6 Å². The van der Waals surface area contributed by atoms with Crippen LogP contribution in [-0.2, 0) is 12.7 Å². The number of H-pyrrole nitrogens is 1. The number of halogens is 8. The number of benzene rings is 1. The molecule has 0 bridgehead atoms. The molecule has 0 fully saturated rings. The Morgan fingerprint density at radius 3 is 2.46 bits per heavy atom. The quantitative estimate of drug-likeness (QED) is 0.288. The van der Waals surface area contributed by atoms with Crippen molar-refractivity contribution >= 4 is 16.6 Å². The summed E-state index contributed by atoms with van der Waals surface area (Å²) in [7, 11) is 0. The number of aromatic nitrogens is 5. The molecule has 4 rings (SSSR count). The number of hydrogen-bond acceptors (Lipinski definition) is 7. The molecule has 9 nitrogen and oxygen atoms in total. The van der Waals surface area contributed by atoms with E-state index in [4.69, 9.17) is 10.5 Å². The Balaban J connectivity index is 1.57. The van der Waals surface area contributed by atoms with E-state index in [9.17, 15) is 40.3 Å². The van der Waals surface area contributed by atoms with Crippen LogP contribution in [0.4, 0.5) is 40.9 Å². The van der Waals surface area contributed by atoms with Crippen molar-refractivity contribution in [2.45, 2.75) is 44.8 Å². The minimum Gasteiger partial charge on any atom is -0.488 e. The van der Waals surface area contributed by atoms with Crippen molar-refractivity contribution in [3.05, 3.63) is 74.2 Å². The molecule has 0 aliphatic heterocycles. The number of rotatable bonds is 8. The van der Waals surface area contributed by atoms with Gasteiger partial charge in [-0.15, -0.1) is 0 Å². The van der Waals surface area contributed by atoms with E-state index in [0.717, 1.165) is 22.9 Å². The van der Waals surface area contributed by atoms with Gasteiger partial charge in [-0.2, -0.15) is 18.3 Å². The first-order valence-corrected chi connectivity index (χ1v) is 11.6. The zero-order chi connectivity index (χ0) is 30.2. The standard InChI is InChI=1S/C24H18F8N6O3/c1-9(41-14-7-35-37-22(39)16(14)24(30,31)32)4-11(25)8-38-3-2-10-5-12(17(26)18(27)15(10)23(38)40)21-34-6-13(19(28)29)20(33)36-21/h2-3,5-7,9,11,19H,4,8H2,1H3,(H,37,39)(H2,33,34,36)/t9-,11-/m1/s1. The van der Waals surface area contributed by atoms with E-state index in [1.807, 2.05) is 0 Å². The molecule has 3 aromatic heterocycles. The van der Waals surface area contributed by atoms with Crippen molar-refractivity contribution in [1.82, 2.24) is 24.7 Å². The van der Waals surface area contributed by atoms with Crippen LogP contribution in [0.25, 0.3) is 22.2 Å². The van der Waals surface area contributed by atoms with Gasteiger partial charge in [0.2, 0.25) is 0 Å². The number of aromatic amines is 1. The molecule has 4 aromatic rings. The molecule has 0 amide bonds. The van der Waals surface area contributed by atoms with Gasteiger partial charge in [-0.3, -0.25) is 9.59 Å². The third kappa shape index (κ3) is 5.97. The van der Waals surface area contributed by atoms with Crippen LogP contribution in [0.15, 0.2) is 40.3 Å². The average molecular weight is 590 g/mol. The first-order valence-electron chi connectivity index (χ1n) is 11.6. The van der Waals surface area contributed by atoms with Crippen molar-refractivity contribution in [3.63, 3.8) is 0 Å². The molecule has 0 saturated carbocycles. The Morgan fingerprint density at radius 1 is 1.12 bits per heavy atom. The van der Waals surface area contributed by atoms with Crippen molar-refractivity contribution in [1.29, 1.82) is 0 Å². The number of ether oxygens (including phenoxy) is 1. The second-order valence-corrected chi connectivity index (χ2v) is 8.82. The average Bonchev–Trinajstić information content (AvgIpc) is 2.86. The molecule has 0 aliphatic rings. The van der Waals surface area contributed by atoms with Crippen LogP contribution >= 0.6 is 0 Å². The van der Waals surface area contributed by atoms with E-state index in [0.29, 0.717) is 12.4 Å². The fourth-order valence-corrected chi connectivity index (χ4v) is 4.04. The van der Waals surface area contributed by atoms with E-state index >= 15 is 4.39 Å². The normalized spacial score (nSPS) is 13.5. The first kappa shape index (κ1) is 29.4. The first-order chi connectivity index (χ1) is 19.2. The lowest BCUT2D eigenvalue weighted by Gasteiger charge is -2.19. The lowest BCUT2D eigenvalue weighted by molar-refractivity contribution is -0.140. The summed E-state index contributed by atoms with van der Waals surface area (Å²) in [6, 6.07) is 2.15. The molecular formula is C24H18F8N6O3. The molecule has 0 unspecified atom stereocenters. The summed E-state index contributed by atoms with van der Waals surface area (Å²) in [5.41, 5.74) is -0.179. The van der Waals surface area contributed by atoms with Crippen LogP contribution in [0.1, 0.15) is 30.9 Å². The minimum atomic E-state index is -5.08. The summed E-state index contributed by atoms with van der Waals surface area (Å²) < 4.78 is 116. The number of nitrogens with one attached hydrogen (secondary N) is 1. The summed E-state index contributed by atoms with van der Waals surface area (Å²) >= 11 is 0.